The molecule has 25 heavy (non-hydrogen) atoms. The Bertz CT molecular complexity index is 897. The van der Waals surface area contributed by atoms with Crippen LogP contribution in [0.1, 0.15) is 12.0 Å². The SMILES string of the molecule is O=[N+]([O-])c1cnc2ccc(N3CC[C@H](OCc4ccncc4)C3)nn12. The lowest BCUT2D eigenvalue weighted by molar-refractivity contribution is -0.391. The zero-order valence-electron chi connectivity index (χ0n) is 13.4. The number of rotatable bonds is 5. The molecule has 1 atom stereocenters. The van der Waals surface area contributed by atoms with Crippen LogP contribution in [-0.2, 0) is 11.3 Å². The zero-order chi connectivity index (χ0) is 17.2. The van der Waals surface area contributed by atoms with Gasteiger partial charge in [-0.05, 0) is 35.1 Å². The Morgan fingerprint density at radius 1 is 1.28 bits per heavy atom. The standard InChI is InChI=1S/C16H16N6O3/c23-22(24)16-9-18-14-1-2-15(19-21(14)16)20-8-5-13(10-20)25-11-12-3-6-17-7-4-12/h1-4,6-7,9,13H,5,8,10-11H2/t13-/m0/s1. The highest BCUT2D eigenvalue weighted by Gasteiger charge is 2.26. The molecule has 4 heterocycles. The molecule has 128 valence electrons. The van der Waals surface area contributed by atoms with E-state index >= 15 is 0 Å². The first-order chi connectivity index (χ1) is 12.2. The first kappa shape index (κ1) is 15.5. The van der Waals surface area contributed by atoms with E-state index in [0.29, 0.717) is 24.6 Å². The Labute approximate surface area is 143 Å². The van der Waals surface area contributed by atoms with Gasteiger partial charge in [0.25, 0.3) is 0 Å². The van der Waals surface area contributed by atoms with Crippen LogP contribution in [-0.4, -0.2) is 43.7 Å². The Balaban J connectivity index is 1.45. The highest BCUT2D eigenvalue weighted by atomic mass is 16.6. The van der Waals surface area contributed by atoms with Gasteiger partial charge in [-0.25, -0.2) is 4.98 Å². The second kappa shape index (κ2) is 6.44. The fraction of sp³-hybridized carbons (Fsp3) is 0.312. The van der Waals surface area contributed by atoms with Gasteiger partial charge in [-0.15, -0.1) is 0 Å². The first-order valence-corrected chi connectivity index (χ1v) is 7.95. The van der Waals surface area contributed by atoms with E-state index in [1.807, 2.05) is 18.2 Å². The molecule has 0 N–H and O–H groups in total. The summed E-state index contributed by atoms with van der Waals surface area (Å²) in [6.07, 6.45) is 5.70. The van der Waals surface area contributed by atoms with Gasteiger partial charge < -0.3 is 19.8 Å². The van der Waals surface area contributed by atoms with Crippen molar-refractivity contribution in [2.75, 3.05) is 18.0 Å². The predicted molar refractivity (Wildman–Crippen MR) is 89.3 cm³/mol. The molecule has 9 nitrogen and oxygen atoms in total. The molecule has 1 saturated heterocycles. The zero-order valence-corrected chi connectivity index (χ0v) is 13.4. The molecule has 0 aliphatic carbocycles. The molecule has 1 aliphatic heterocycles. The van der Waals surface area contributed by atoms with Crippen molar-refractivity contribution in [1.82, 2.24) is 19.6 Å². The van der Waals surface area contributed by atoms with Crippen molar-refractivity contribution in [1.29, 1.82) is 0 Å². The number of fused-ring (bicyclic) bond motifs is 1. The summed E-state index contributed by atoms with van der Waals surface area (Å²) < 4.78 is 7.21. The number of aromatic nitrogens is 4. The highest BCUT2D eigenvalue weighted by Crippen LogP contribution is 2.22. The lowest BCUT2D eigenvalue weighted by atomic mass is 10.3. The fourth-order valence-corrected chi connectivity index (χ4v) is 2.91. The second-order valence-corrected chi connectivity index (χ2v) is 5.86. The van der Waals surface area contributed by atoms with Crippen LogP contribution in [0.5, 0.6) is 0 Å². The maximum atomic E-state index is 11.0. The van der Waals surface area contributed by atoms with Crippen molar-refractivity contribution < 1.29 is 9.66 Å². The third kappa shape index (κ3) is 3.13. The van der Waals surface area contributed by atoms with Crippen molar-refractivity contribution in [2.45, 2.75) is 19.1 Å². The molecule has 0 bridgehead atoms. The van der Waals surface area contributed by atoms with Crippen LogP contribution in [0.3, 0.4) is 0 Å². The van der Waals surface area contributed by atoms with E-state index in [1.54, 1.807) is 18.5 Å². The molecular weight excluding hydrogens is 324 g/mol. The van der Waals surface area contributed by atoms with Gasteiger partial charge in [0.05, 0.1) is 12.7 Å². The fourth-order valence-electron chi connectivity index (χ4n) is 2.91. The largest absolute Gasteiger partial charge is 0.372 e. The average molecular weight is 340 g/mol. The van der Waals surface area contributed by atoms with E-state index < -0.39 is 4.92 Å². The number of ether oxygens (including phenoxy) is 1. The summed E-state index contributed by atoms with van der Waals surface area (Å²) in [7, 11) is 0. The molecule has 9 heteroatoms. The summed E-state index contributed by atoms with van der Waals surface area (Å²) in [6.45, 7) is 2.04. The van der Waals surface area contributed by atoms with Crippen LogP contribution in [0.2, 0.25) is 0 Å². The van der Waals surface area contributed by atoms with E-state index in [-0.39, 0.29) is 11.9 Å². The molecule has 3 aromatic heterocycles. The first-order valence-electron chi connectivity index (χ1n) is 7.95. The van der Waals surface area contributed by atoms with E-state index in [0.717, 1.165) is 18.5 Å². The normalized spacial score (nSPS) is 17.3. The maximum Gasteiger partial charge on any atom is 0.368 e. The van der Waals surface area contributed by atoms with Gasteiger partial charge in [-0.1, -0.05) is 9.61 Å². The molecule has 0 saturated carbocycles. The average Bonchev–Trinajstić information content (AvgIpc) is 3.27. The molecule has 0 amide bonds. The van der Waals surface area contributed by atoms with Gasteiger partial charge in [0.15, 0.2) is 5.82 Å². The van der Waals surface area contributed by atoms with Gasteiger partial charge in [0.1, 0.15) is 6.20 Å². The van der Waals surface area contributed by atoms with Crippen LogP contribution in [0.25, 0.3) is 5.65 Å². The van der Waals surface area contributed by atoms with Crippen molar-refractivity contribution in [3.63, 3.8) is 0 Å². The Morgan fingerprint density at radius 3 is 2.92 bits per heavy atom. The number of imidazole rings is 1. The number of nitro groups is 1. The molecule has 1 aliphatic rings. The monoisotopic (exact) mass is 340 g/mol. The van der Waals surface area contributed by atoms with Crippen LogP contribution < -0.4 is 4.90 Å². The van der Waals surface area contributed by atoms with Gasteiger partial charge in [0, 0.05) is 31.5 Å². The van der Waals surface area contributed by atoms with Crippen LogP contribution in [0.4, 0.5) is 11.6 Å². The number of pyridine rings is 1. The van der Waals surface area contributed by atoms with Crippen LogP contribution in [0.15, 0.2) is 42.9 Å². The van der Waals surface area contributed by atoms with Crippen molar-refractivity contribution in [3.05, 3.63) is 58.5 Å². The second-order valence-electron chi connectivity index (χ2n) is 5.86. The molecule has 0 unspecified atom stereocenters. The minimum atomic E-state index is -0.485. The van der Waals surface area contributed by atoms with E-state index in [1.165, 1.54) is 10.7 Å². The Kier molecular flexibility index (Phi) is 3.98. The van der Waals surface area contributed by atoms with E-state index in [4.69, 9.17) is 4.74 Å². The third-order valence-corrected chi connectivity index (χ3v) is 4.22. The quantitative estimate of drug-likeness (QED) is 0.516. The minimum absolute atomic E-state index is 0.100. The van der Waals surface area contributed by atoms with Gasteiger partial charge >= 0.3 is 5.82 Å². The van der Waals surface area contributed by atoms with Crippen LogP contribution >= 0.6 is 0 Å². The summed E-state index contributed by atoms with van der Waals surface area (Å²) >= 11 is 0. The van der Waals surface area contributed by atoms with Crippen molar-refractivity contribution in [3.8, 4) is 0 Å². The molecule has 0 aromatic carbocycles. The summed E-state index contributed by atoms with van der Waals surface area (Å²) in [6, 6.07) is 7.43. The number of nitrogens with zero attached hydrogens (tertiary/aromatic N) is 6. The lowest BCUT2D eigenvalue weighted by Gasteiger charge is -2.16. The smallest absolute Gasteiger partial charge is 0.368 e. The number of hydrogen-bond donors (Lipinski definition) is 0. The minimum Gasteiger partial charge on any atom is -0.372 e. The molecular formula is C16H16N6O3. The van der Waals surface area contributed by atoms with E-state index in [9.17, 15) is 10.1 Å². The summed E-state index contributed by atoms with van der Waals surface area (Å²) in [5.74, 6) is 0.546. The van der Waals surface area contributed by atoms with Crippen molar-refractivity contribution >= 4 is 17.3 Å². The predicted octanol–water partition coefficient (Wildman–Crippen LogP) is 1.83. The Hall–Kier alpha value is -3.07. The lowest BCUT2D eigenvalue weighted by Crippen LogP contribution is -2.24. The van der Waals surface area contributed by atoms with Gasteiger partial charge in [-0.2, -0.15) is 0 Å². The third-order valence-electron chi connectivity index (χ3n) is 4.22. The maximum absolute atomic E-state index is 11.0. The number of anilines is 1. The summed E-state index contributed by atoms with van der Waals surface area (Å²) in [5.41, 5.74) is 1.54. The molecule has 3 aromatic rings. The summed E-state index contributed by atoms with van der Waals surface area (Å²) in [5, 5.41) is 15.4. The molecule has 4 rings (SSSR count). The topological polar surface area (TPSA) is 98.7 Å². The molecule has 0 spiro atoms. The number of hydrogen-bond acceptors (Lipinski definition) is 7. The van der Waals surface area contributed by atoms with Gasteiger partial charge in [-0.3, -0.25) is 4.98 Å². The summed E-state index contributed by atoms with van der Waals surface area (Å²) in [4.78, 5) is 20.6. The highest BCUT2D eigenvalue weighted by molar-refractivity contribution is 5.49. The molecule has 0 radical (unpaired) electrons. The van der Waals surface area contributed by atoms with E-state index in [2.05, 4.69) is 20.0 Å². The molecule has 1 fully saturated rings. The van der Waals surface area contributed by atoms with Gasteiger partial charge in [0.2, 0.25) is 5.65 Å². The van der Waals surface area contributed by atoms with Crippen LogP contribution in [0, 0.1) is 10.1 Å². The Morgan fingerprint density at radius 2 is 2.12 bits per heavy atom. The van der Waals surface area contributed by atoms with Crippen molar-refractivity contribution in [2.24, 2.45) is 0 Å².